The zero-order valence-electron chi connectivity index (χ0n) is 25.6. The number of carboxylic acids is 1. The maximum Gasteiger partial charge on any atom is 0.310 e. The third kappa shape index (κ3) is 7.25. The third-order valence-electron chi connectivity index (χ3n) is 11.2. The van der Waals surface area contributed by atoms with E-state index < -0.39 is 29.9 Å². The van der Waals surface area contributed by atoms with Crippen molar-refractivity contribution in [3.63, 3.8) is 0 Å². The molecule has 7 nitrogen and oxygen atoms in total. The number of aliphatic hydroxyl groups is 3. The van der Waals surface area contributed by atoms with E-state index in [0.29, 0.717) is 23.7 Å². The Labute approximate surface area is 240 Å². The van der Waals surface area contributed by atoms with Crippen LogP contribution in [0.3, 0.4) is 0 Å². The van der Waals surface area contributed by atoms with Crippen LogP contribution in [0.2, 0.25) is 0 Å². The average molecular weight is 563 g/mol. The molecule has 0 unspecified atom stereocenters. The van der Waals surface area contributed by atoms with Crippen molar-refractivity contribution in [2.75, 3.05) is 0 Å². The van der Waals surface area contributed by atoms with Gasteiger partial charge in [0.15, 0.2) is 5.78 Å². The van der Waals surface area contributed by atoms with Crippen LogP contribution in [0.5, 0.6) is 0 Å². The van der Waals surface area contributed by atoms with E-state index in [2.05, 4.69) is 26.8 Å². The SMILES string of the molecule is CC(=O)CC(=O)CC(=O)O.C[C@H](CCCC(C)(C)O)[C@H]1CC[C@H]2[C@@H]3CC=C4C[C@@H](O)C[C@H](O)[C@]4(C)[C@H]3CC[C@]12C. The molecule has 3 fully saturated rings. The standard InChI is InChI=1S/C27H46O3.C6H8O4/c1-17(7-6-13-25(2,3)30)21-10-11-22-20-9-8-18-15-19(28)16-24(29)27(18,5)23(20)12-14-26(21,22)4;1-4(7)2-5(8)3-6(9)10/h8,17,19-24,28-30H,6-7,9-16H2,1-5H3;2-3H2,1H3,(H,9,10)/t17-,19-,20+,21-,22+,23+,24+,26-,27+;/m1./s1. The molecule has 0 heterocycles. The highest BCUT2D eigenvalue weighted by atomic mass is 16.4. The summed E-state index contributed by atoms with van der Waals surface area (Å²) in [5.74, 6) is 1.52. The first-order chi connectivity index (χ1) is 18.5. The van der Waals surface area contributed by atoms with Gasteiger partial charge in [0.25, 0.3) is 0 Å². The summed E-state index contributed by atoms with van der Waals surface area (Å²) >= 11 is 0. The molecule has 0 aromatic carbocycles. The van der Waals surface area contributed by atoms with Crippen LogP contribution in [0.25, 0.3) is 0 Å². The summed E-state index contributed by atoms with van der Waals surface area (Å²) in [6.07, 6.45) is 11.7. The minimum absolute atomic E-state index is 0.125. The van der Waals surface area contributed by atoms with E-state index in [1.807, 2.05) is 13.8 Å². The summed E-state index contributed by atoms with van der Waals surface area (Å²) in [6, 6.07) is 0. The van der Waals surface area contributed by atoms with Crippen molar-refractivity contribution < 1.29 is 34.8 Å². The number of hydrogen-bond acceptors (Lipinski definition) is 6. The van der Waals surface area contributed by atoms with Crippen LogP contribution in [0.4, 0.5) is 0 Å². The molecule has 0 aromatic rings. The van der Waals surface area contributed by atoms with Crippen LogP contribution in [0.15, 0.2) is 11.6 Å². The Bertz CT molecular complexity index is 946. The minimum Gasteiger partial charge on any atom is -0.481 e. The molecule has 0 amide bonds. The molecule has 4 aliphatic carbocycles. The molecule has 0 aromatic heterocycles. The van der Waals surface area contributed by atoms with E-state index in [0.717, 1.165) is 43.4 Å². The number of Topliss-reactive ketones (excluding diaryl/α,β-unsaturated/α-hetero) is 2. The van der Waals surface area contributed by atoms with Crippen molar-refractivity contribution in [2.24, 2.45) is 40.4 Å². The predicted molar refractivity (Wildman–Crippen MR) is 154 cm³/mol. The molecule has 0 radical (unpaired) electrons. The second-order valence-electron chi connectivity index (χ2n) is 14.6. The van der Waals surface area contributed by atoms with E-state index in [-0.39, 0.29) is 23.7 Å². The van der Waals surface area contributed by atoms with Crippen molar-refractivity contribution in [1.82, 2.24) is 0 Å². The maximum absolute atomic E-state index is 11.1. The molecule has 4 N–H and O–H groups in total. The first-order valence-electron chi connectivity index (χ1n) is 15.5. The summed E-state index contributed by atoms with van der Waals surface area (Å²) in [6.45, 7) is 12.5. The highest BCUT2D eigenvalue weighted by Gasteiger charge is 2.60. The lowest BCUT2D eigenvalue weighted by molar-refractivity contribution is -0.140. The quantitative estimate of drug-likeness (QED) is 0.216. The van der Waals surface area contributed by atoms with Crippen LogP contribution < -0.4 is 0 Å². The number of allylic oxidation sites excluding steroid dienone is 1. The molecule has 7 heteroatoms. The van der Waals surface area contributed by atoms with Crippen molar-refractivity contribution in [3.8, 4) is 0 Å². The number of aliphatic carboxylic acids is 1. The van der Waals surface area contributed by atoms with Gasteiger partial charge in [0.05, 0.1) is 24.2 Å². The smallest absolute Gasteiger partial charge is 0.310 e. The van der Waals surface area contributed by atoms with Crippen molar-refractivity contribution >= 4 is 17.5 Å². The molecule has 228 valence electrons. The van der Waals surface area contributed by atoms with Gasteiger partial charge in [-0.15, -0.1) is 0 Å². The monoisotopic (exact) mass is 562 g/mol. The third-order valence-corrected chi connectivity index (χ3v) is 11.2. The second-order valence-corrected chi connectivity index (χ2v) is 14.6. The lowest BCUT2D eigenvalue weighted by atomic mass is 9.46. The first kappa shape index (κ1) is 32.9. The number of fused-ring (bicyclic) bond motifs is 5. The van der Waals surface area contributed by atoms with Gasteiger partial charge in [-0.1, -0.05) is 45.3 Å². The van der Waals surface area contributed by atoms with Crippen molar-refractivity contribution in [1.29, 1.82) is 0 Å². The Balaban J connectivity index is 0.000000378. The Kier molecular flexibility index (Phi) is 10.5. The Hall–Kier alpha value is -1.57. The van der Waals surface area contributed by atoms with Crippen LogP contribution in [0, 0.1) is 40.4 Å². The molecular weight excluding hydrogens is 508 g/mol. The number of ketones is 2. The van der Waals surface area contributed by atoms with Gasteiger partial charge in [-0.25, -0.2) is 0 Å². The lowest BCUT2D eigenvalue weighted by Gasteiger charge is -2.59. The summed E-state index contributed by atoms with van der Waals surface area (Å²) in [7, 11) is 0. The van der Waals surface area contributed by atoms with Crippen LogP contribution in [-0.2, 0) is 14.4 Å². The van der Waals surface area contributed by atoms with E-state index in [9.17, 15) is 29.7 Å². The van der Waals surface area contributed by atoms with Gasteiger partial charge in [-0.05, 0) is 101 Å². The van der Waals surface area contributed by atoms with Crippen LogP contribution in [-0.4, -0.2) is 55.8 Å². The molecular formula is C33H54O7. The molecule has 9 atom stereocenters. The van der Waals surface area contributed by atoms with E-state index in [1.54, 1.807) is 0 Å². The average Bonchev–Trinajstić information content (AvgIpc) is 3.16. The maximum atomic E-state index is 11.1. The number of hydrogen-bond donors (Lipinski definition) is 4. The van der Waals surface area contributed by atoms with Gasteiger partial charge in [-0.2, -0.15) is 0 Å². The summed E-state index contributed by atoms with van der Waals surface area (Å²) in [5.41, 5.74) is 1.10. The second kappa shape index (κ2) is 12.7. The fourth-order valence-corrected chi connectivity index (χ4v) is 9.24. The summed E-state index contributed by atoms with van der Waals surface area (Å²) in [4.78, 5) is 30.5. The number of aliphatic hydroxyl groups excluding tert-OH is 2. The first-order valence-corrected chi connectivity index (χ1v) is 15.5. The zero-order valence-corrected chi connectivity index (χ0v) is 25.6. The Morgan fingerprint density at radius 3 is 2.35 bits per heavy atom. The van der Waals surface area contributed by atoms with Gasteiger partial charge in [0, 0.05) is 11.8 Å². The molecule has 4 aliphatic rings. The van der Waals surface area contributed by atoms with Gasteiger partial charge in [-0.3, -0.25) is 14.4 Å². The molecule has 0 saturated heterocycles. The molecule has 40 heavy (non-hydrogen) atoms. The number of carboxylic acid groups (broad SMARTS) is 1. The van der Waals surface area contributed by atoms with Gasteiger partial charge >= 0.3 is 5.97 Å². The Morgan fingerprint density at radius 2 is 1.75 bits per heavy atom. The van der Waals surface area contributed by atoms with Gasteiger partial charge in [0.1, 0.15) is 12.2 Å². The molecule has 4 rings (SSSR count). The zero-order chi connectivity index (χ0) is 30.0. The van der Waals surface area contributed by atoms with E-state index >= 15 is 0 Å². The fraction of sp³-hybridized carbons (Fsp3) is 0.848. The summed E-state index contributed by atoms with van der Waals surface area (Å²) in [5, 5.41) is 39.4. The highest BCUT2D eigenvalue weighted by molar-refractivity contribution is 6.04. The largest absolute Gasteiger partial charge is 0.481 e. The fourth-order valence-electron chi connectivity index (χ4n) is 9.24. The number of rotatable bonds is 9. The van der Waals surface area contributed by atoms with E-state index in [4.69, 9.17) is 5.11 Å². The normalized spacial score (nSPS) is 37.6. The summed E-state index contributed by atoms with van der Waals surface area (Å²) < 4.78 is 0. The lowest BCUT2D eigenvalue weighted by Crippen LogP contribution is -2.55. The minimum atomic E-state index is -1.19. The highest BCUT2D eigenvalue weighted by Crippen LogP contribution is 2.67. The van der Waals surface area contributed by atoms with Gasteiger partial charge in [0.2, 0.25) is 0 Å². The topological polar surface area (TPSA) is 132 Å². The van der Waals surface area contributed by atoms with Crippen molar-refractivity contribution in [3.05, 3.63) is 11.6 Å². The van der Waals surface area contributed by atoms with Gasteiger partial charge < -0.3 is 20.4 Å². The van der Waals surface area contributed by atoms with Crippen molar-refractivity contribution in [2.45, 2.75) is 136 Å². The molecule has 0 aliphatic heterocycles. The van der Waals surface area contributed by atoms with E-state index in [1.165, 1.54) is 44.6 Å². The Morgan fingerprint density at radius 1 is 1.07 bits per heavy atom. The number of carbonyl (C=O) groups is 3. The number of carbonyl (C=O) groups excluding carboxylic acids is 2. The van der Waals surface area contributed by atoms with Crippen LogP contribution in [0.1, 0.15) is 119 Å². The molecule has 0 spiro atoms. The predicted octanol–water partition coefficient (Wildman–Crippen LogP) is 5.48. The molecule has 0 bridgehead atoms. The van der Waals surface area contributed by atoms with Crippen LogP contribution >= 0.6 is 0 Å². The molecule has 3 saturated carbocycles.